The number of aliphatic imine (C=N–C) groups is 1. The predicted molar refractivity (Wildman–Crippen MR) is 203 cm³/mol. The first-order chi connectivity index (χ1) is 21.7. The van der Waals surface area contributed by atoms with Gasteiger partial charge in [0.1, 0.15) is 5.84 Å². The quantitative estimate of drug-likeness (QED) is 0.0702. The first-order valence-corrected chi connectivity index (χ1v) is 20.3. The van der Waals surface area contributed by atoms with Crippen LogP contribution in [0.25, 0.3) is 0 Å². The molecule has 2 N–H and O–H groups in total. The first kappa shape index (κ1) is 44.4. The summed E-state index contributed by atoms with van der Waals surface area (Å²) in [6.07, 6.45) is 43.6. The minimum absolute atomic E-state index is 0. The van der Waals surface area contributed by atoms with E-state index in [1.807, 2.05) is 4.90 Å². The van der Waals surface area contributed by atoms with E-state index in [0.29, 0.717) is 18.9 Å². The summed E-state index contributed by atoms with van der Waals surface area (Å²) >= 11 is 0. The summed E-state index contributed by atoms with van der Waals surface area (Å²) in [7, 11) is 0. The van der Waals surface area contributed by atoms with E-state index in [2.05, 4.69) is 13.8 Å². The van der Waals surface area contributed by atoms with Crippen LogP contribution in [0.4, 0.5) is 0 Å². The molecule has 4 nitrogen and oxygen atoms in total. The summed E-state index contributed by atoms with van der Waals surface area (Å²) in [6, 6.07) is 0.219. The third kappa shape index (κ3) is 27.1. The fourth-order valence-corrected chi connectivity index (χ4v) is 6.87. The second-order valence-corrected chi connectivity index (χ2v) is 14.2. The van der Waals surface area contributed by atoms with Gasteiger partial charge >= 0.3 is 0 Å². The summed E-state index contributed by atoms with van der Waals surface area (Å²) < 4.78 is 0. The van der Waals surface area contributed by atoms with Crippen molar-refractivity contribution in [3.8, 4) is 0 Å². The molecular weight excluding hydrogens is 574 g/mol. The topological polar surface area (TPSA) is 58.7 Å². The molecule has 0 fully saturated rings. The molecule has 1 aliphatic heterocycles. The standard InChI is InChI=1S/C40H79N3O.ClH/c1-3-5-7-9-11-13-15-17-19-21-23-25-27-29-31-33-39-42-38(35-36-41)37-43(39)40(44)34-32-30-28-26-24-22-20-18-16-14-12-10-8-6-4-2;/h38H,3-37,41H2,1-2H3;1H. The fourth-order valence-electron chi connectivity index (χ4n) is 6.87. The summed E-state index contributed by atoms with van der Waals surface area (Å²) in [5.41, 5.74) is 5.84. The maximum Gasteiger partial charge on any atom is 0.227 e. The number of halogens is 1. The Morgan fingerprint density at radius 3 is 1.27 bits per heavy atom. The van der Waals surface area contributed by atoms with Crippen molar-refractivity contribution >= 4 is 24.1 Å². The zero-order chi connectivity index (χ0) is 31.8. The molecule has 0 radical (unpaired) electrons. The first-order valence-electron chi connectivity index (χ1n) is 20.3. The van der Waals surface area contributed by atoms with Crippen molar-refractivity contribution in [2.24, 2.45) is 10.7 Å². The van der Waals surface area contributed by atoms with Gasteiger partial charge in [-0.2, -0.15) is 0 Å². The summed E-state index contributed by atoms with van der Waals surface area (Å²) in [4.78, 5) is 20.1. The van der Waals surface area contributed by atoms with E-state index >= 15 is 0 Å². The number of amides is 1. The van der Waals surface area contributed by atoms with E-state index in [-0.39, 0.29) is 18.4 Å². The lowest BCUT2D eigenvalue weighted by atomic mass is 10.0. The molecule has 0 aromatic rings. The molecule has 45 heavy (non-hydrogen) atoms. The molecule has 1 rings (SSSR count). The lowest BCUT2D eigenvalue weighted by Crippen LogP contribution is -2.35. The van der Waals surface area contributed by atoms with Crippen LogP contribution in [-0.4, -0.2) is 35.8 Å². The van der Waals surface area contributed by atoms with Crippen molar-refractivity contribution in [2.45, 2.75) is 232 Å². The molecule has 5 heteroatoms. The van der Waals surface area contributed by atoms with Gasteiger partial charge in [0.2, 0.25) is 5.91 Å². The van der Waals surface area contributed by atoms with Gasteiger partial charge in [-0.3, -0.25) is 14.7 Å². The van der Waals surface area contributed by atoms with Crippen molar-refractivity contribution in [3.05, 3.63) is 0 Å². The summed E-state index contributed by atoms with van der Waals surface area (Å²) in [5, 5.41) is 0. The van der Waals surface area contributed by atoms with Gasteiger partial charge in [-0.25, -0.2) is 0 Å². The van der Waals surface area contributed by atoms with Crippen LogP contribution in [0.5, 0.6) is 0 Å². The highest BCUT2D eigenvalue weighted by atomic mass is 35.5. The van der Waals surface area contributed by atoms with Gasteiger partial charge in [-0.1, -0.05) is 194 Å². The van der Waals surface area contributed by atoms with E-state index in [4.69, 9.17) is 10.7 Å². The largest absolute Gasteiger partial charge is 0.330 e. The second kappa shape index (κ2) is 34.7. The van der Waals surface area contributed by atoms with Crippen molar-refractivity contribution in [2.75, 3.05) is 13.1 Å². The van der Waals surface area contributed by atoms with Gasteiger partial charge in [-0.05, 0) is 25.8 Å². The van der Waals surface area contributed by atoms with E-state index in [1.165, 1.54) is 180 Å². The molecule has 0 bridgehead atoms. The third-order valence-corrected chi connectivity index (χ3v) is 9.84. The maximum atomic E-state index is 13.1. The minimum atomic E-state index is 0. The lowest BCUT2D eigenvalue weighted by molar-refractivity contribution is -0.127. The average molecular weight is 655 g/mol. The molecule has 0 spiro atoms. The normalized spacial score (nSPS) is 14.6. The molecule has 0 aromatic heterocycles. The Labute approximate surface area is 288 Å². The van der Waals surface area contributed by atoms with Crippen molar-refractivity contribution < 1.29 is 4.79 Å². The summed E-state index contributed by atoms with van der Waals surface area (Å²) in [6.45, 7) is 6.01. The number of hydrogen-bond donors (Lipinski definition) is 1. The van der Waals surface area contributed by atoms with E-state index in [0.717, 1.165) is 38.1 Å². The van der Waals surface area contributed by atoms with E-state index in [9.17, 15) is 4.79 Å². The molecule has 268 valence electrons. The monoisotopic (exact) mass is 654 g/mol. The van der Waals surface area contributed by atoms with Crippen LogP contribution in [0.1, 0.15) is 226 Å². The molecule has 1 heterocycles. The smallest absolute Gasteiger partial charge is 0.227 e. The van der Waals surface area contributed by atoms with Gasteiger partial charge in [-0.15, -0.1) is 12.4 Å². The lowest BCUT2D eigenvalue weighted by Gasteiger charge is -2.19. The third-order valence-electron chi connectivity index (χ3n) is 9.84. The van der Waals surface area contributed by atoms with Crippen molar-refractivity contribution in [1.82, 2.24) is 4.90 Å². The Morgan fingerprint density at radius 1 is 0.578 bits per heavy atom. The van der Waals surface area contributed by atoms with Crippen LogP contribution in [0.15, 0.2) is 4.99 Å². The minimum Gasteiger partial charge on any atom is -0.330 e. The fraction of sp³-hybridized carbons (Fsp3) is 0.950. The number of carbonyl (C=O) groups excluding carboxylic acids is 1. The zero-order valence-electron chi connectivity index (χ0n) is 30.6. The number of unbranched alkanes of at least 4 members (excludes halogenated alkanes) is 28. The Bertz CT molecular complexity index is 655. The number of rotatable bonds is 34. The number of hydrogen-bond acceptors (Lipinski definition) is 3. The maximum absolute atomic E-state index is 13.1. The van der Waals surface area contributed by atoms with Crippen LogP contribution in [0.3, 0.4) is 0 Å². The Morgan fingerprint density at radius 2 is 0.911 bits per heavy atom. The second-order valence-electron chi connectivity index (χ2n) is 14.2. The van der Waals surface area contributed by atoms with Crippen LogP contribution < -0.4 is 5.73 Å². The van der Waals surface area contributed by atoms with Crippen molar-refractivity contribution in [3.63, 3.8) is 0 Å². The van der Waals surface area contributed by atoms with Crippen LogP contribution in [-0.2, 0) is 4.79 Å². The highest BCUT2D eigenvalue weighted by Crippen LogP contribution is 2.20. The van der Waals surface area contributed by atoms with Gasteiger partial charge < -0.3 is 5.73 Å². The Kier molecular flexibility index (Phi) is 34.2. The predicted octanol–water partition coefficient (Wildman–Crippen LogP) is 12.9. The van der Waals surface area contributed by atoms with Crippen LogP contribution >= 0.6 is 12.4 Å². The molecule has 1 atom stereocenters. The van der Waals surface area contributed by atoms with Crippen LogP contribution in [0, 0.1) is 0 Å². The number of carbonyl (C=O) groups is 1. The Hall–Kier alpha value is -0.610. The van der Waals surface area contributed by atoms with Crippen molar-refractivity contribution in [1.29, 1.82) is 0 Å². The molecule has 1 aliphatic rings. The van der Waals surface area contributed by atoms with Gasteiger partial charge in [0.05, 0.1) is 6.04 Å². The number of nitrogens with zero attached hydrogens (tertiary/aromatic N) is 2. The molecule has 0 saturated heterocycles. The van der Waals surface area contributed by atoms with E-state index in [1.54, 1.807) is 0 Å². The Balaban J connectivity index is 0.0000194. The molecule has 0 aliphatic carbocycles. The molecule has 1 amide bonds. The van der Waals surface area contributed by atoms with E-state index < -0.39 is 0 Å². The van der Waals surface area contributed by atoms with Crippen LogP contribution in [0.2, 0.25) is 0 Å². The molecule has 0 aromatic carbocycles. The average Bonchev–Trinajstić information content (AvgIpc) is 3.43. The number of nitrogens with two attached hydrogens (primary N) is 1. The molecular formula is C40H80ClN3O. The van der Waals surface area contributed by atoms with Gasteiger partial charge in [0.15, 0.2) is 0 Å². The van der Waals surface area contributed by atoms with Gasteiger partial charge in [0, 0.05) is 19.4 Å². The van der Waals surface area contributed by atoms with Gasteiger partial charge in [0.25, 0.3) is 0 Å². The summed E-state index contributed by atoms with van der Waals surface area (Å²) in [5.74, 6) is 1.36. The highest BCUT2D eigenvalue weighted by Gasteiger charge is 2.28. The SMILES string of the molecule is CCCCCCCCCCCCCCCCCC(=O)N1CC(CCN)N=C1CCCCCCCCCCCCCCCCC.Cl. The molecule has 1 unspecified atom stereocenters. The number of amidine groups is 1. The highest BCUT2D eigenvalue weighted by molar-refractivity contribution is 5.99. The zero-order valence-corrected chi connectivity index (χ0v) is 31.4. The molecule has 0 saturated carbocycles.